The second kappa shape index (κ2) is 8.48. The zero-order valence-corrected chi connectivity index (χ0v) is 18.7. The minimum absolute atomic E-state index is 0.0203. The summed E-state index contributed by atoms with van der Waals surface area (Å²) in [5.41, 5.74) is 1.37. The fraction of sp³-hybridized carbons (Fsp3) is 0.0741. The Kier molecular flexibility index (Phi) is 5.36. The Morgan fingerprint density at radius 1 is 0.909 bits per heavy atom. The number of carbonyl (C=O) groups excluding carboxylic acids is 2. The predicted octanol–water partition coefficient (Wildman–Crippen LogP) is 5.22. The van der Waals surface area contributed by atoms with E-state index in [0.29, 0.717) is 18.0 Å². The summed E-state index contributed by atoms with van der Waals surface area (Å²) in [6.45, 7) is 2.39. The van der Waals surface area contributed by atoms with E-state index >= 15 is 0 Å². The van der Waals surface area contributed by atoms with Gasteiger partial charge < -0.3 is 4.74 Å². The van der Waals surface area contributed by atoms with Crippen LogP contribution < -0.4 is 15.0 Å². The van der Waals surface area contributed by atoms with Gasteiger partial charge in [0, 0.05) is 6.07 Å². The van der Waals surface area contributed by atoms with Gasteiger partial charge in [-0.3, -0.25) is 19.8 Å². The normalized spacial score (nSPS) is 15.4. The second-order valence-electron chi connectivity index (χ2n) is 7.62. The van der Waals surface area contributed by atoms with Gasteiger partial charge in [0.25, 0.3) is 11.8 Å². The molecule has 0 aromatic heterocycles. The van der Waals surface area contributed by atoms with Crippen LogP contribution in [0.2, 0.25) is 0 Å². The van der Waals surface area contributed by atoms with Crippen molar-refractivity contribution in [3.8, 4) is 5.75 Å². The van der Waals surface area contributed by atoms with E-state index in [1.54, 1.807) is 24.3 Å². The lowest BCUT2D eigenvalue weighted by Gasteiger charge is -2.29. The van der Waals surface area contributed by atoms with Gasteiger partial charge >= 0.3 is 0 Å². The van der Waals surface area contributed by atoms with Crippen molar-refractivity contribution in [3.05, 3.63) is 90.0 Å². The standard InChI is InChI=1S/C27H20N2O3S/c1-2-32-20-11-7-10-19(15-20)29-26(31)24(25(30)28-27(29)33)16-23-21-12-5-3-8-17(21)14-18-9-4-6-13-22(18)23/h3-16H,2H2,1H3,(H,28,30,33)/b24-16-. The lowest BCUT2D eigenvalue weighted by Crippen LogP contribution is -2.54. The molecule has 0 radical (unpaired) electrons. The SMILES string of the molecule is CCOc1cccc(N2C(=O)/C(=C\c3c4ccccc4cc4ccccc34)C(=O)NC2=S)c1. The molecule has 5 rings (SSSR count). The fourth-order valence-electron chi connectivity index (χ4n) is 4.12. The van der Waals surface area contributed by atoms with Crippen molar-refractivity contribution in [1.29, 1.82) is 0 Å². The Hall–Kier alpha value is -4.03. The molecule has 1 fully saturated rings. The van der Waals surface area contributed by atoms with Gasteiger partial charge in [0.1, 0.15) is 11.3 Å². The molecule has 1 aliphatic rings. The van der Waals surface area contributed by atoms with Crippen molar-refractivity contribution in [2.75, 3.05) is 11.5 Å². The largest absolute Gasteiger partial charge is 0.494 e. The van der Waals surface area contributed by atoms with Gasteiger partial charge in [-0.1, -0.05) is 54.6 Å². The van der Waals surface area contributed by atoms with Crippen molar-refractivity contribution in [2.45, 2.75) is 6.92 Å². The molecule has 4 aromatic carbocycles. The Morgan fingerprint density at radius 3 is 2.24 bits per heavy atom. The first-order chi connectivity index (χ1) is 16.1. The molecule has 0 bridgehead atoms. The molecule has 1 heterocycles. The summed E-state index contributed by atoms with van der Waals surface area (Å²) in [6.07, 6.45) is 1.67. The van der Waals surface area contributed by atoms with E-state index in [-0.39, 0.29) is 10.7 Å². The number of ether oxygens (including phenoxy) is 1. The monoisotopic (exact) mass is 452 g/mol. The fourth-order valence-corrected chi connectivity index (χ4v) is 4.40. The number of anilines is 1. The van der Waals surface area contributed by atoms with Crippen LogP contribution in [0.25, 0.3) is 27.6 Å². The van der Waals surface area contributed by atoms with Crippen LogP contribution in [-0.4, -0.2) is 23.5 Å². The van der Waals surface area contributed by atoms with Gasteiger partial charge in [0.05, 0.1) is 12.3 Å². The molecule has 0 unspecified atom stereocenters. The van der Waals surface area contributed by atoms with Crippen LogP contribution in [0.4, 0.5) is 5.69 Å². The Balaban J connectivity index is 1.67. The molecule has 5 nitrogen and oxygen atoms in total. The lowest BCUT2D eigenvalue weighted by atomic mass is 9.94. The van der Waals surface area contributed by atoms with Gasteiger partial charge in [-0.2, -0.15) is 0 Å². The van der Waals surface area contributed by atoms with Gasteiger partial charge in [-0.05, 0) is 70.5 Å². The molecule has 1 aliphatic heterocycles. The topological polar surface area (TPSA) is 58.6 Å². The van der Waals surface area contributed by atoms with E-state index in [1.165, 1.54) is 4.90 Å². The van der Waals surface area contributed by atoms with Crippen LogP contribution in [0.3, 0.4) is 0 Å². The van der Waals surface area contributed by atoms with Crippen LogP contribution >= 0.6 is 12.2 Å². The summed E-state index contributed by atoms with van der Waals surface area (Å²) in [7, 11) is 0. The number of thiocarbonyl (C=S) groups is 1. The summed E-state index contributed by atoms with van der Waals surface area (Å²) in [5.74, 6) is -0.373. The average Bonchev–Trinajstić information content (AvgIpc) is 2.81. The van der Waals surface area contributed by atoms with Gasteiger partial charge in [0.15, 0.2) is 5.11 Å². The van der Waals surface area contributed by atoms with Crippen LogP contribution in [0, 0.1) is 0 Å². The molecule has 6 heteroatoms. The number of hydrogen-bond acceptors (Lipinski definition) is 4. The second-order valence-corrected chi connectivity index (χ2v) is 8.01. The van der Waals surface area contributed by atoms with Gasteiger partial charge in [-0.15, -0.1) is 0 Å². The minimum atomic E-state index is -0.515. The van der Waals surface area contributed by atoms with Crippen molar-refractivity contribution in [3.63, 3.8) is 0 Å². The van der Waals surface area contributed by atoms with Crippen molar-refractivity contribution in [1.82, 2.24) is 5.32 Å². The highest BCUT2D eigenvalue weighted by Crippen LogP contribution is 2.32. The average molecular weight is 453 g/mol. The molecular weight excluding hydrogens is 432 g/mol. The zero-order chi connectivity index (χ0) is 22.9. The van der Waals surface area contributed by atoms with Crippen molar-refractivity contribution < 1.29 is 14.3 Å². The number of hydrogen-bond donors (Lipinski definition) is 1. The number of carbonyl (C=O) groups is 2. The quantitative estimate of drug-likeness (QED) is 0.200. The van der Waals surface area contributed by atoms with Crippen LogP contribution in [0.15, 0.2) is 84.4 Å². The van der Waals surface area contributed by atoms with Gasteiger partial charge in [0.2, 0.25) is 0 Å². The molecule has 1 N–H and O–H groups in total. The zero-order valence-electron chi connectivity index (χ0n) is 17.9. The van der Waals surface area contributed by atoms with E-state index < -0.39 is 11.8 Å². The molecule has 162 valence electrons. The van der Waals surface area contributed by atoms with Gasteiger partial charge in [-0.25, -0.2) is 0 Å². The lowest BCUT2D eigenvalue weighted by molar-refractivity contribution is -0.122. The first-order valence-corrected chi connectivity index (χ1v) is 11.0. The van der Waals surface area contributed by atoms with Crippen LogP contribution in [0.1, 0.15) is 12.5 Å². The molecule has 1 saturated heterocycles. The van der Waals surface area contributed by atoms with Crippen molar-refractivity contribution in [2.24, 2.45) is 0 Å². The Labute approximate surface area is 196 Å². The minimum Gasteiger partial charge on any atom is -0.494 e. The van der Waals surface area contributed by atoms with Crippen molar-refractivity contribution >= 4 is 62.5 Å². The van der Waals surface area contributed by atoms with E-state index in [4.69, 9.17) is 17.0 Å². The molecule has 0 aliphatic carbocycles. The number of rotatable bonds is 4. The number of nitrogens with zero attached hydrogens (tertiary/aromatic N) is 1. The van der Waals surface area contributed by atoms with Crippen LogP contribution in [0.5, 0.6) is 5.75 Å². The summed E-state index contributed by atoms with van der Waals surface area (Å²) < 4.78 is 5.56. The summed E-state index contributed by atoms with van der Waals surface area (Å²) >= 11 is 5.35. The number of nitrogens with one attached hydrogen (secondary N) is 1. The maximum absolute atomic E-state index is 13.6. The molecular formula is C27H20N2O3S. The van der Waals surface area contributed by atoms with E-state index in [2.05, 4.69) is 11.4 Å². The van der Waals surface area contributed by atoms with E-state index in [0.717, 1.165) is 27.1 Å². The number of amides is 2. The highest BCUT2D eigenvalue weighted by Gasteiger charge is 2.34. The molecule has 0 spiro atoms. The maximum atomic E-state index is 13.6. The summed E-state index contributed by atoms with van der Waals surface area (Å²) in [4.78, 5) is 27.8. The first-order valence-electron chi connectivity index (χ1n) is 10.6. The van der Waals surface area contributed by atoms with E-state index in [1.807, 2.05) is 61.5 Å². The highest BCUT2D eigenvalue weighted by molar-refractivity contribution is 7.80. The molecule has 0 saturated carbocycles. The summed E-state index contributed by atoms with van der Waals surface area (Å²) in [5, 5.41) is 6.69. The third kappa shape index (κ3) is 3.75. The maximum Gasteiger partial charge on any atom is 0.270 e. The molecule has 0 atom stereocenters. The molecule has 2 amide bonds. The number of benzene rings is 4. The predicted molar refractivity (Wildman–Crippen MR) is 135 cm³/mol. The smallest absolute Gasteiger partial charge is 0.270 e. The third-order valence-electron chi connectivity index (χ3n) is 5.59. The highest BCUT2D eigenvalue weighted by atomic mass is 32.1. The Morgan fingerprint density at radius 2 is 1.58 bits per heavy atom. The third-order valence-corrected chi connectivity index (χ3v) is 5.87. The molecule has 4 aromatic rings. The number of fused-ring (bicyclic) bond motifs is 2. The summed E-state index contributed by atoms with van der Waals surface area (Å²) in [6, 6.07) is 25.1. The van der Waals surface area contributed by atoms with E-state index in [9.17, 15) is 9.59 Å². The first kappa shape index (κ1) is 20.8. The van der Waals surface area contributed by atoms with Crippen LogP contribution in [-0.2, 0) is 9.59 Å². The Bertz CT molecular complexity index is 1420. The molecule has 33 heavy (non-hydrogen) atoms.